The minimum atomic E-state index is -0.458. The van der Waals surface area contributed by atoms with Gasteiger partial charge in [0, 0.05) is 12.2 Å². The highest BCUT2D eigenvalue weighted by Crippen LogP contribution is 2.16. The number of ether oxygens (including phenoxy) is 1. The minimum Gasteiger partial charge on any atom is -0.484 e. The maximum Gasteiger partial charge on any atom is 0.262 e. The summed E-state index contributed by atoms with van der Waals surface area (Å²) in [4.78, 5) is 24.4. The van der Waals surface area contributed by atoms with Crippen LogP contribution in [0, 0.1) is 11.3 Å². The lowest BCUT2D eigenvalue weighted by Gasteiger charge is -2.08. The summed E-state index contributed by atoms with van der Waals surface area (Å²) >= 11 is 0. The average Bonchev–Trinajstić information content (AvgIpc) is 2.81. The molecule has 0 bridgehead atoms. The van der Waals surface area contributed by atoms with Crippen LogP contribution < -0.4 is 15.4 Å². The van der Waals surface area contributed by atoms with E-state index >= 15 is 0 Å². The number of para-hydroxylation sites is 1. The second-order valence-corrected chi connectivity index (χ2v) is 6.61. The Labute approximate surface area is 180 Å². The van der Waals surface area contributed by atoms with Crippen LogP contribution in [0.2, 0.25) is 0 Å². The Balaban J connectivity index is 1.58. The summed E-state index contributed by atoms with van der Waals surface area (Å²) in [6.45, 7) is 0.170. The topological polar surface area (TPSA) is 91.2 Å². The van der Waals surface area contributed by atoms with E-state index in [1.165, 1.54) is 6.08 Å². The number of rotatable bonds is 8. The van der Waals surface area contributed by atoms with Crippen LogP contribution in [0.15, 0.2) is 90.5 Å². The van der Waals surface area contributed by atoms with Crippen molar-refractivity contribution in [1.82, 2.24) is 5.32 Å². The van der Waals surface area contributed by atoms with Gasteiger partial charge in [0.2, 0.25) is 0 Å². The first kappa shape index (κ1) is 21.3. The smallest absolute Gasteiger partial charge is 0.262 e. The first-order valence-corrected chi connectivity index (χ1v) is 9.66. The number of hydrogen-bond acceptors (Lipinski definition) is 4. The second-order valence-electron chi connectivity index (χ2n) is 6.61. The summed E-state index contributed by atoms with van der Waals surface area (Å²) in [5.74, 6) is -0.288. The number of amides is 2. The lowest BCUT2D eigenvalue weighted by atomic mass is 10.1. The highest BCUT2D eigenvalue weighted by atomic mass is 16.5. The molecule has 0 heterocycles. The molecular weight excluding hydrogens is 390 g/mol. The van der Waals surface area contributed by atoms with Crippen LogP contribution in [-0.4, -0.2) is 18.4 Å². The number of carbonyl (C=O) groups excluding carboxylic acids is 2. The van der Waals surface area contributed by atoms with Crippen molar-refractivity contribution in [3.63, 3.8) is 0 Å². The summed E-state index contributed by atoms with van der Waals surface area (Å²) in [7, 11) is 0. The molecule has 0 aromatic heterocycles. The maximum absolute atomic E-state index is 12.3. The minimum absolute atomic E-state index is 0.0186. The van der Waals surface area contributed by atoms with E-state index in [-0.39, 0.29) is 18.1 Å². The SMILES string of the molecule is N#C/C(=C\c1cccc(OCC(=O)Nc2ccccc2)c1)C(=O)NCc1ccccc1. The summed E-state index contributed by atoms with van der Waals surface area (Å²) < 4.78 is 5.54. The highest BCUT2D eigenvalue weighted by molar-refractivity contribution is 6.01. The van der Waals surface area contributed by atoms with Crippen molar-refractivity contribution in [2.75, 3.05) is 11.9 Å². The summed E-state index contributed by atoms with van der Waals surface area (Å²) in [5.41, 5.74) is 2.23. The number of nitrogens with one attached hydrogen (secondary N) is 2. The van der Waals surface area contributed by atoms with Gasteiger partial charge in [-0.05, 0) is 41.5 Å². The van der Waals surface area contributed by atoms with Crippen molar-refractivity contribution in [1.29, 1.82) is 5.26 Å². The first-order chi connectivity index (χ1) is 15.1. The zero-order valence-corrected chi connectivity index (χ0v) is 16.7. The fraction of sp³-hybridized carbons (Fsp3) is 0.0800. The summed E-state index contributed by atoms with van der Waals surface area (Å²) in [6, 6.07) is 27.3. The van der Waals surface area contributed by atoms with E-state index < -0.39 is 5.91 Å². The van der Waals surface area contributed by atoms with E-state index in [0.717, 1.165) is 5.56 Å². The molecule has 3 rings (SSSR count). The summed E-state index contributed by atoms with van der Waals surface area (Å²) in [6.07, 6.45) is 1.48. The second kappa shape index (κ2) is 11.0. The molecule has 0 aliphatic heterocycles. The van der Waals surface area contributed by atoms with Gasteiger partial charge in [0.15, 0.2) is 6.61 Å². The molecule has 2 amide bonds. The van der Waals surface area contributed by atoms with Gasteiger partial charge in [-0.1, -0.05) is 60.7 Å². The van der Waals surface area contributed by atoms with Crippen molar-refractivity contribution >= 4 is 23.6 Å². The number of anilines is 1. The van der Waals surface area contributed by atoms with Gasteiger partial charge in [0.05, 0.1) is 0 Å². The molecule has 0 unspecified atom stereocenters. The maximum atomic E-state index is 12.3. The molecule has 2 N–H and O–H groups in total. The number of nitrogens with zero attached hydrogens (tertiary/aromatic N) is 1. The fourth-order valence-electron chi connectivity index (χ4n) is 2.75. The van der Waals surface area contributed by atoms with Crippen molar-refractivity contribution in [3.05, 3.63) is 102 Å². The molecule has 0 atom stereocenters. The van der Waals surface area contributed by atoms with E-state index in [0.29, 0.717) is 23.5 Å². The third kappa shape index (κ3) is 6.87. The molecule has 0 spiro atoms. The molecule has 6 nitrogen and oxygen atoms in total. The van der Waals surface area contributed by atoms with Gasteiger partial charge in [0.25, 0.3) is 11.8 Å². The number of benzene rings is 3. The van der Waals surface area contributed by atoms with Crippen molar-refractivity contribution in [2.45, 2.75) is 6.54 Å². The standard InChI is InChI=1S/C25H21N3O3/c26-16-21(25(30)27-17-19-8-3-1-4-9-19)14-20-10-7-13-23(15-20)31-18-24(29)28-22-11-5-2-6-12-22/h1-15H,17-18H2,(H,27,30)(H,28,29)/b21-14+. The lowest BCUT2D eigenvalue weighted by molar-refractivity contribution is -0.118. The molecule has 154 valence electrons. The fourth-order valence-corrected chi connectivity index (χ4v) is 2.75. The van der Waals surface area contributed by atoms with E-state index in [4.69, 9.17) is 4.74 Å². The zero-order chi connectivity index (χ0) is 21.9. The quantitative estimate of drug-likeness (QED) is 0.434. The van der Waals surface area contributed by atoms with Crippen LogP contribution in [-0.2, 0) is 16.1 Å². The van der Waals surface area contributed by atoms with Crippen molar-refractivity contribution in [2.24, 2.45) is 0 Å². The van der Waals surface area contributed by atoms with Gasteiger partial charge in [-0.15, -0.1) is 0 Å². The van der Waals surface area contributed by atoms with Crippen LogP contribution in [0.25, 0.3) is 6.08 Å². The highest BCUT2D eigenvalue weighted by Gasteiger charge is 2.09. The molecule has 0 radical (unpaired) electrons. The van der Waals surface area contributed by atoms with E-state index in [1.807, 2.05) is 54.6 Å². The molecule has 0 saturated carbocycles. The number of hydrogen-bond donors (Lipinski definition) is 2. The zero-order valence-electron chi connectivity index (χ0n) is 16.7. The Morgan fingerprint density at radius 1 is 0.935 bits per heavy atom. The molecule has 0 aliphatic carbocycles. The molecule has 0 saturated heterocycles. The van der Waals surface area contributed by atoms with E-state index in [9.17, 15) is 14.9 Å². The summed E-state index contributed by atoms with van der Waals surface area (Å²) in [5, 5.41) is 14.9. The van der Waals surface area contributed by atoms with Gasteiger partial charge in [-0.25, -0.2) is 0 Å². The number of nitriles is 1. The normalized spacial score (nSPS) is 10.6. The number of carbonyl (C=O) groups is 2. The Kier molecular flexibility index (Phi) is 7.56. The first-order valence-electron chi connectivity index (χ1n) is 9.66. The predicted octanol–water partition coefficient (Wildman–Crippen LogP) is 3.93. The molecule has 31 heavy (non-hydrogen) atoms. The monoisotopic (exact) mass is 411 g/mol. The Morgan fingerprint density at radius 3 is 2.35 bits per heavy atom. The van der Waals surface area contributed by atoms with Crippen LogP contribution in [0.1, 0.15) is 11.1 Å². The van der Waals surface area contributed by atoms with Gasteiger partial charge in [0.1, 0.15) is 17.4 Å². The van der Waals surface area contributed by atoms with Crippen molar-refractivity contribution in [3.8, 4) is 11.8 Å². The Hall–Kier alpha value is -4.37. The Bertz CT molecular complexity index is 1100. The van der Waals surface area contributed by atoms with Crippen LogP contribution >= 0.6 is 0 Å². The predicted molar refractivity (Wildman–Crippen MR) is 119 cm³/mol. The molecule has 3 aromatic rings. The third-order valence-electron chi connectivity index (χ3n) is 4.26. The van der Waals surface area contributed by atoms with Crippen LogP contribution in [0.3, 0.4) is 0 Å². The van der Waals surface area contributed by atoms with Gasteiger partial charge in [-0.3, -0.25) is 9.59 Å². The Morgan fingerprint density at radius 2 is 1.65 bits per heavy atom. The van der Waals surface area contributed by atoms with Gasteiger partial charge in [-0.2, -0.15) is 5.26 Å². The molecule has 0 fully saturated rings. The van der Waals surface area contributed by atoms with Crippen LogP contribution in [0.5, 0.6) is 5.75 Å². The van der Waals surface area contributed by atoms with E-state index in [1.54, 1.807) is 36.4 Å². The van der Waals surface area contributed by atoms with Crippen LogP contribution in [0.4, 0.5) is 5.69 Å². The van der Waals surface area contributed by atoms with Gasteiger partial charge < -0.3 is 15.4 Å². The molecule has 3 aromatic carbocycles. The lowest BCUT2D eigenvalue weighted by Crippen LogP contribution is -2.23. The third-order valence-corrected chi connectivity index (χ3v) is 4.26. The molecule has 6 heteroatoms. The van der Waals surface area contributed by atoms with Crippen molar-refractivity contribution < 1.29 is 14.3 Å². The van der Waals surface area contributed by atoms with E-state index in [2.05, 4.69) is 10.6 Å². The molecular formula is C25H21N3O3. The largest absolute Gasteiger partial charge is 0.484 e. The molecule has 0 aliphatic rings. The average molecular weight is 411 g/mol. The van der Waals surface area contributed by atoms with Gasteiger partial charge >= 0.3 is 0 Å².